The Bertz CT molecular complexity index is 447. The molecule has 18 heavy (non-hydrogen) atoms. The van der Waals surface area contributed by atoms with Gasteiger partial charge >= 0.3 is 0 Å². The summed E-state index contributed by atoms with van der Waals surface area (Å²) in [6.07, 6.45) is 5.87. The summed E-state index contributed by atoms with van der Waals surface area (Å²) >= 11 is 0. The lowest BCUT2D eigenvalue weighted by Gasteiger charge is -2.12. The molecule has 0 bridgehead atoms. The number of aromatic nitrogens is 3. The van der Waals surface area contributed by atoms with Gasteiger partial charge in [0, 0.05) is 12.2 Å². The fraction of sp³-hybridized carbons (Fsp3) is 0.429. The fourth-order valence-electron chi connectivity index (χ4n) is 1.95. The molecule has 0 aliphatic rings. The summed E-state index contributed by atoms with van der Waals surface area (Å²) in [4.78, 5) is 1.61. The predicted molar refractivity (Wildman–Crippen MR) is 73.9 cm³/mol. The smallest absolute Gasteiger partial charge is 0.0858 e. The van der Waals surface area contributed by atoms with E-state index in [1.807, 2.05) is 12.1 Å². The van der Waals surface area contributed by atoms with Crippen LogP contribution >= 0.6 is 0 Å². The van der Waals surface area contributed by atoms with Gasteiger partial charge in [0.25, 0.3) is 0 Å². The van der Waals surface area contributed by atoms with Gasteiger partial charge in [0.2, 0.25) is 0 Å². The zero-order chi connectivity index (χ0) is 12.8. The van der Waals surface area contributed by atoms with Crippen molar-refractivity contribution in [2.24, 2.45) is 5.92 Å². The average Bonchev–Trinajstić information content (AvgIpc) is 2.91. The molecule has 96 valence electrons. The highest BCUT2D eigenvalue weighted by molar-refractivity contribution is 5.48. The van der Waals surface area contributed by atoms with Crippen molar-refractivity contribution >= 4 is 5.69 Å². The Morgan fingerprint density at radius 1 is 1.17 bits per heavy atom. The molecular weight excluding hydrogens is 224 g/mol. The molecule has 0 aliphatic heterocycles. The molecule has 0 spiro atoms. The lowest BCUT2D eigenvalue weighted by atomic mass is 10.1. The van der Waals surface area contributed by atoms with E-state index in [0.29, 0.717) is 5.92 Å². The molecule has 4 nitrogen and oxygen atoms in total. The quantitative estimate of drug-likeness (QED) is 0.849. The van der Waals surface area contributed by atoms with Gasteiger partial charge in [-0.25, -0.2) is 0 Å². The molecule has 0 amide bonds. The molecule has 0 saturated carbocycles. The second-order valence-electron chi connectivity index (χ2n) is 4.64. The van der Waals surface area contributed by atoms with E-state index >= 15 is 0 Å². The minimum absolute atomic E-state index is 0.711. The van der Waals surface area contributed by atoms with Crippen LogP contribution in [0.2, 0.25) is 0 Å². The molecule has 4 heteroatoms. The minimum atomic E-state index is 0.711. The van der Waals surface area contributed by atoms with E-state index < -0.39 is 0 Å². The molecule has 0 saturated heterocycles. The van der Waals surface area contributed by atoms with Crippen molar-refractivity contribution in [3.05, 3.63) is 36.7 Å². The first-order valence-corrected chi connectivity index (χ1v) is 6.50. The Labute approximate surface area is 108 Å². The molecule has 0 radical (unpaired) electrons. The number of benzene rings is 1. The van der Waals surface area contributed by atoms with Gasteiger partial charge in [-0.05, 0) is 36.6 Å². The third-order valence-electron chi connectivity index (χ3n) is 2.95. The van der Waals surface area contributed by atoms with Crippen molar-refractivity contribution in [2.75, 3.05) is 11.9 Å². The van der Waals surface area contributed by atoms with Crippen molar-refractivity contribution in [1.82, 2.24) is 15.0 Å². The summed E-state index contributed by atoms with van der Waals surface area (Å²) in [5.74, 6) is 0.711. The number of anilines is 1. The summed E-state index contributed by atoms with van der Waals surface area (Å²) in [6, 6.07) is 8.17. The van der Waals surface area contributed by atoms with Crippen LogP contribution in [-0.2, 0) is 0 Å². The molecule has 2 aromatic rings. The topological polar surface area (TPSA) is 42.7 Å². The SMILES string of the molecule is CCCC(C)CNc1ccc(-n2nccn2)cc1. The molecule has 2 rings (SSSR count). The van der Waals surface area contributed by atoms with Crippen LogP contribution in [0.1, 0.15) is 26.7 Å². The van der Waals surface area contributed by atoms with E-state index in [1.165, 1.54) is 12.8 Å². The molecule has 1 aromatic carbocycles. The van der Waals surface area contributed by atoms with E-state index in [9.17, 15) is 0 Å². The highest BCUT2D eigenvalue weighted by Gasteiger charge is 2.01. The zero-order valence-corrected chi connectivity index (χ0v) is 11.0. The number of nitrogens with one attached hydrogen (secondary N) is 1. The van der Waals surface area contributed by atoms with E-state index in [2.05, 4.69) is 41.5 Å². The maximum Gasteiger partial charge on any atom is 0.0858 e. The summed E-state index contributed by atoms with van der Waals surface area (Å²) in [7, 11) is 0. The highest BCUT2D eigenvalue weighted by Crippen LogP contribution is 2.13. The predicted octanol–water partition coefficient (Wildman–Crippen LogP) is 3.12. The molecule has 0 aliphatic carbocycles. The molecule has 1 atom stereocenters. The van der Waals surface area contributed by atoms with Crippen molar-refractivity contribution in [2.45, 2.75) is 26.7 Å². The van der Waals surface area contributed by atoms with Crippen LogP contribution < -0.4 is 5.32 Å². The van der Waals surface area contributed by atoms with E-state index in [-0.39, 0.29) is 0 Å². The van der Waals surface area contributed by atoms with Crippen molar-refractivity contribution < 1.29 is 0 Å². The number of hydrogen-bond acceptors (Lipinski definition) is 3. The summed E-state index contributed by atoms with van der Waals surface area (Å²) in [6.45, 7) is 5.52. The van der Waals surface area contributed by atoms with Crippen LogP contribution in [0.3, 0.4) is 0 Å². The number of nitrogens with zero attached hydrogens (tertiary/aromatic N) is 3. The Balaban J connectivity index is 1.92. The molecular formula is C14H20N4. The van der Waals surface area contributed by atoms with E-state index in [4.69, 9.17) is 0 Å². The van der Waals surface area contributed by atoms with Crippen molar-refractivity contribution in [3.63, 3.8) is 0 Å². The van der Waals surface area contributed by atoms with Crippen LogP contribution in [0.5, 0.6) is 0 Å². The van der Waals surface area contributed by atoms with Gasteiger partial charge in [-0.1, -0.05) is 20.3 Å². The van der Waals surface area contributed by atoms with E-state index in [0.717, 1.165) is 17.9 Å². The first-order valence-electron chi connectivity index (χ1n) is 6.50. The molecule has 1 heterocycles. The van der Waals surface area contributed by atoms with Gasteiger partial charge in [0.15, 0.2) is 0 Å². The Morgan fingerprint density at radius 2 is 1.83 bits per heavy atom. The maximum absolute atomic E-state index is 4.10. The average molecular weight is 244 g/mol. The second-order valence-corrected chi connectivity index (χ2v) is 4.64. The van der Waals surface area contributed by atoms with Gasteiger partial charge in [0.1, 0.15) is 0 Å². The number of rotatable bonds is 6. The summed E-state index contributed by atoms with van der Waals surface area (Å²) in [5, 5.41) is 11.7. The van der Waals surface area contributed by atoms with Gasteiger partial charge in [-0.15, -0.1) is 0 Å². The summed E-state index contributed by atoms with van der Waals surface area (Å²) in [5.41, 5.74) is 2.13. The van der Waals surface area contributed by atoms with Crippen LogP contribution in [0.15, 0.2) is 36.7 Å². The van der Waals surface area contributed by atoms with Gasteiger partial charge in [0.05, 0.1) is 18.1 Å². The Hall–Kier alpha value is -1.84. The van der Waals surface area contributed by atoms with Crippen LogP contribution in [0.4, 0.5) is 5.69 Å². The lowest BCUT2D eigenvalue weighted by Crippen LogP contribution is -2.11. The second kappa shape index (κ2) is 6.19. The monoisotopic (exact) mass is 244 g/mol. The first-order chi connectivity index (χ1) is 8.79. The van der Waals surface area contributed by atoms with Gasteiger partial charge < -0.3 is 5.32 Å². The molecule has 1 N–H and O–H groups in total. The summed E-state index contributed by atoms with van der Waals surface area (Å²) < 4.78 is 0. The molecule has 1 unspecified atom stereocenters. The van der Waals surface area contributed by atoms with Crippen LogP contribution in [-0.4, -0.2) is 21.5 Å². The van der Waals surface area contributed by atoms with Crippen LogP contribution in [0.25, 0.3) is 5.69 Å². The standard InChI is InChI=1S/C14H20N4/c1-3-4-12(2)11-15-13-5-7-14(8-6-13)18-16-9-10-17-18/h5-10,12,15H,3-4,11H2,1-2H3. The van der Waals surface area contributed by atoms with Gasteiger partial charge in [-0.3, -0.25) is 0 Å². The normalized spacial score (nSPS) is 12.3. The Morgan fingerprint density at radius 3 is 2.44 bits per heavy atom. The first kappa shape index (κ1) is 12.6. The highest BCUT2D eigenvalue weighted by atomic mass is 15.5. The lowest BCUT2D eigenvalue weighted by molar-refractivity contribution is 0.551. The largest absolute Gasteiger partial charge is 0.385 e. The van der Waals surface area contributed by atoms with Crippen molar-refractivity contribution in [1.29, 1.82) is 0 Å². The number of hydrogen-bond donors (Lipinski definition) is 1. The van der Waals surface area contributed by atoms with E-state index in [1.54, 1.807) is 17.2 Å². The third kappa shape index (κ3) is 3.32. The fourth-order valence-corrected chi connectivity index (χ4v) is 1.95. The molecule has 0 fully saturated rings. The zero-order valence-electron chi connectivity index (χ0n) is 11.0. The molecule has 1 aromatic heterocycles. The third-order valence-corrected chi connectivity index (χ3v) is 2.95. The Kier molecular flexibility index (Phi) is 4.34. The van der Waals surface area contributed by atoms with Crippen molar-refractivity contribution in [3.8, 4) is 5.69 Å². The minimum Gasteiger partial charge on any atom is -0.385 e. The van der Waals surface area contributed by atoms with Crippen LogP contribution in [0, 0.1) is 5.92 Å². The van der Waals surface area contributed by atoms with Gasteiger partial charge in [-0.2, -0.15) is 15.0 Å². The maximum atomic E-state index is 4.10.